The van der Waals surface area contributed by atoms with Gasteiger partial charge in [-0.1, -0.05) is 0 Å². The van der Waals surface area contributed by atoms with Crippen molar-refractivity contribution in [1.82, 2.24) is 0 Å². The van der Waals surface area contributed by atoms with Gasteiger partial charge >= 0.3 is 5.82 Å². The summed E-state index contributed by atoms with van der Waals surface area (Å²) in [6, 6.07) is 5.79. The average molecular weight is 96.1 g/mol. The van der Waals surface area contributed by atoms with Gasteiger partial charge in [0.25, 0.3) is 0 Å². The maximum atomic E-state index is 3.66. The Labute approximate surface area is 42.0 Å². The van der Waals surface area contributed by atoms with Crippen LogP contribution in [0.25, 0.3) is 0 Å². The van der Waals surface area contributed by atoms with Gasteiger partial charge in [-0.05, 0) is 6.07 Å². The largest absolute Gasteiger partial charge is 0.362 e. The summed E-state index contributed by atoms with van der Waals surface area (Å²) in [7, 11) is 0. The van der Waals surface area contributed by atoms with Crippen LogP contribution in [0.4, 0.5) is 5.82 Å². The molecule has 0 amide bonds. The van der Waals surface area contributed by atoms with Gasteiger partial charge in [-0.15, -0.1) is 0 Å². The van der Waals surface area contributed by atoms with Crippen LogP contribution in [-0.4, -0.2) is 0 Å². The third kappa shape index (κ3) is 0.978. The molecule has 0 radical (unpaired) electrons. The van der Waals surface area contributed by atoms with Crippen molar-refractivity contribution in [1.29, 1.82) is 0 Å². The van der Waals surface area contributed by atoms with Crippen LogP contribution in [0.3, 0.4) is 0 Å². The molecule has 0 saturated carbocycles. The Morgan fingerprint density at radius 3 is 2.57 bits per heavy atom. The van der Waals surface area contributed by atoms with Gasteiger partial charge in [0.2, 0.25) is 0 Å². The van der Waals surface area contributed by atoms with Gasteiger partial charge in [-0.3, -0.25) is 5.73 Å². The zero-order valence-electron chi connectivity index (χ0n) is 4.02. The zero-order valence-corrected chi connectivity index (χ0v) is 4.02. The van der Waals surface area contributed by atoms with Gasteiger partial charge in [0.15, 0.2) is 6.20 Å². The quantitative estimate of drug-likeness (QED) is 0.447. The number of pyridine rings is 1. The van der Waals surface area contributed by atoms with Gasteiger partial charge in [0.1, 0.15) is 0 Å². The first-order chi connectivity index (χ1) is 3.39. The molecule has 4 N–H and O–H groups in total. The number of hydrogen-bond donors (Lipinski definition) is 1. The fourth-order valence-corrected chi connectivity index (χ4v) is 0.431. The Bertz CT molecular complexity index is 136. The zero-order chi connectivity index (χ0) is 5.11. The van der Waals surface area contributed by atoms with Crippen molar-refractivity contribution in [2.24, 2.45) is 0 Å². The Morgan fingerprint density at radius 2 is 2.29 bits per heavy atom. The first-order valence-electron chi connectivity index (χ1n) is 2.18. The number of quaternary nitrogens is 1. The molecule has 0 unspecified atom stereocenters. The molecule has 0 aromatic carbocycles. The number of aromatic amines is 1. The topological polar surface area (TPSA) is 41.8 Å². The monoisotopic (exact) mass is 96.1 g/mol. The van der Waals surface area contributed by atoms with E-state index < -0.39 is 0 Å². The maximum absolute atomic E-state index is 3.66. The van der Waals surface area contributed by atoms with E-state index in [9.17, 15) is 0 Å². The maximum Gasteiger partial charge on any atom is 0.362 e. The molecule has 0 bridgehead atoms. The van der Waals surface area contributed by atoms with Crippen LogP contribution in [0.5, 0.6) is 0 Å². The van der Waals surface area contributed by atoms with Gasteiger partial charge in [-0.25, -0.2) is 0 Å². The normalized spacial score (nSPS) is 8.71. The Kier molecular flexibility index (Phi) is 1.04. The summed E-state index contributed by atoms with van der Waals surface area (Å²) in [5, 5.41) is 0. The summed E-state index contributed by atoms with van der Waals surface area (Å²) in [6.45, 7) is 0. The first kappa shape index (κ1) is 4.27. The number of H-pyrrole nitrogens is 1. The molecule has 0 fully saturated rings. The molecule has 2 heteroatoms. The van der Waals surface area contributed by atoms with Gasteiger partial charge in [0, 0.05) is 6.07 Å². The van der Waals surface area contributed by atoms with Crippen LogP contribution < -0.4 is 10.7 Å². The Hall–Kier alpha value is -0.890. The molecule has 0 spiro atoms. The lowest BCUT2D eigenvalue weighted by Gasteiger charge is -1.70. The van der Waals surface area contributed by atoms with Gasteiger partial charge < -0.3 is 0 Å². The molecular formula is C5H8N2+2. The minimum atomic E-state index is 0.947. The molecule has 36 valence electrons. The Balaban J connectivity index is 3.02. The van der Waals surface area contributed by atoms with E-state index in [-0.39, 0.29) is 0 Å². The highest BCUT2D eigenvalue weighted by Crippen LogP contribution is 1.80. The molecule has 1 aromatic heterocycles. The van der Waals surface area contributed by atoms with Crippen molar-refractivity contribution in [2.75, 3.05) is 0 Å². The summed E-state index contributed by atoms with van der Waals surface area (Å²) in [5.74, 6) is 0.947. The van der Waals surface area contributed by atoms with Crippen LogP contribution in [0, 0.1) is 0 Å². The highest BCUT2D eigenvalue weighted by Gasteiger charge is 1.87. The smallest absolute Gasteiger partial charge is 0.269 e. The fourth-order valence-electron chi connectivity index (χ4n) is 0.431. The number of hydrogen-bond acceptors (Lipinski definition) is 0. The third-order valence-electron chi connectivity index (χ3n) is 0.773. The molecule has 1 rings (SSSR count). The molecule has 2 nitrogen and oxygen atoms in total. The first-order valence-corrected chi connectivity index (χ1v) is 2.18. The van der Waals surface area contributed by atoms with Crippen molar-refractivity contribution < 1.29 is 10.7 Å². The SMILES string of the molecule is [NH3+]c1cccc[nH+]1. The van der Waals surface area contributed by atoms with Crippen LogP contribution in [-0.2, 0) is 0 Å². The molecule has 0 aliphatic carbocycles. The Morgan fingerprint density at radius 1 is 1.43 bits per heavy atom. The number of nitrogens with one attached hydrogen (secondary N) is 1. The predicted octanol–water partition coefficient (Wildman–Crippen LogP) is -0.626. The third-order valence-corrected chi connectivity index (χ3v) is 0.773. The molecule has 0 atom stereocenters. The highest BCUT2D eigenvalue weighted by atomic mass is 14.8. The van der Waals surface area contributed by atoms with Crippen LogP contribution in [0.1, 0.15) is 0 Å². The average Bonchev–Trinajstić information content (AvgIpc) is 1.69. The number of rotatable bonds is 0. The van der Waals surface area contributed by atoms with Crippen molar-refractivity contribution in [3.05, 3.63) is 24.4 Å². The molecule has 1 aromatic rings. The lowest BCUT2D eigenvalue weighted by Crippen LogP contribution is -2.45. The predicted molar refractivity (Wildman–Crippen MR) is 25.5 cm³/mol. The highest BCUT2D eigenvalue weighted by molar-refractivity contribution is 5.05. The molecule has 0 aliphatic heterocycles. The summed E-state index contributed by atoms with van der Waals surface area (Å²) >= 11 is 0. The van der Waals surface area contributed by atoms with Gasteiger partial charge in [0.05, 0.1) is 6.07 Å². The number of aromatic nitrogens is 1. The molecule has 0 aliphatic rings. The van der Waals surface area contributed by atoms with Crippen molar-refractivity contribution in [3.63, 3.8) is 0 Å². The van der Waals surface area contributed by atoms with Gasteiger partial charge in [-0.2, -0.15) is 4.98 Å². The summed E-state index contributed by atoms with van der Waals surface area (Å²) < 4.78 is 0. The summed E-state index contributed by atoms with van der Waals surface area (Å²) in [5.41, 5.74) is 3.66. The lowest BCUT2D eigenvalue weighted by atomic mass is 10.5. The molecule has 7 heavy (non-hydrogen) atoms. The van der Waals surface area contributed by atoms with E-state index in [2.05, 4.69) is 10.7 Å². The van der Waals surface area contributed by atoms with E-state index in [4.69, 9.17) is 0 Å². The molecular weight excluding hydrogens is 88.1 g/mol. The van der Waals surface area contributed by atoms with Crippen molar-refractivity contribution in [2.45, 2.75) is 0 Å². The molecule has 1 heterocycles. The molecule has 0 saturated heterocycles. The fraction of sp³-hybridized carbons (Fsp3) is 0. The van der Waals surface area contributed by atoms with Crippen molar-refractivity contribution in [3.8, 4) is 0 Å². The second kappa shape index (κ2) is 1.71. The standard InChI is InChI=1S/C5H6N2/c6-5-3-1-2-4-7-5/h1-4H,(H2,6,7)/p+2. The summed E-state index contributed by atoms with van der Waals surface area (Å²) in [6.07, 6.45) is 1.85. The minimum absolute atomic E-state index is 0.947. The van der Waals surface area contributed by atoms with Crippen LogP contribution in [0.2, 0.25) is 0 Å². The van der Waals surface area contributed by atoms with Crippen LogP contribution >= 0.6 is 0 Å². The van der Waals surface area contributed by atoms with E-state index >= 15 is 0 Å². The van der Waals surface area contributed by atoms with E-state index in [1.54, 1.807) is 0 Å². The van der Waals surface area contributed by atoms with E-state index in [0.717, 1.165) is 5.82 Å². The summed E-state index contributed by atoms with van der Waals surface area (Å²) in [4.78, 5) is 2.92. The van der Waals surface area contributed by atoms with Crippen LogP contribution in [0.15, 0.2) is 24.4 Å². The van der Waals surface area contributed by atoms with E-state index in [0.29, 0.717) is 0 Å². The van der Waals surface area contributed by atoms with E-state index in [1.807, 2.05) is 24.4 Å². The minimum Gasteiger partial charge on any atom is -0.269 e. The second-order valence-corrected chi connectivity index (χ2v) is 1.39. The lowest BCUT2D eigenvalue weighted by molar-refractivity contribution is -0.477. The van der Waals surface area contributed by atoms with E-state index in [1.165, 1.54) is 0 Å². The second-order valence-electron chi connectivity index (χ2n) is 1.39. The van der Waals surface area contributed by atoms with Crippen molar-refractivity contribution >= 4 is 5.82 Å².